The van der Waals surface area contributed by atoms with E-state index in [9.17, 15) is 0 Å². The molecule has 2 aromatic heterocycles. The van der Waals surface area contributed by atoms with Crippen molar-refractivity contribution in [2.75, 3.05) is 4.90 Å². The molecule has 0 fully saturated rings. The van der Waals surface area contributed by atoms with Crippen molar-refractivity contribution in [3.8, 4) is 28.1 Å². The first-order valence-corrected chi connectivity index (χ1v) is 20.5. The summed E-state index contributed by atoms with van der Waals surface area (Å²) >= 11 is 0. The Kier molecular flexibility index (Phi) is 8.22. The zero-order chi connectivity index (χ0) is 38.7. The Morgan fingerprint density at radius 2 is 1.55 bits per heavy atom. The molecule has 0 N–H and O–H groups in total. The standard InChI is InChI=1S/C55H43N3/c1-36-12-9-16-44-32-42-23-25-45(35-50(42)55(36)44)57-29-27-41(38-13-10-15-43(31-38)51-20-7-8-28-56-51)30-37(2)49-34-40(24-26-52(49)57)39-14-11-17-46(33-39)58-53-21-5-3-18-47(53)48-19-4-6-22-54(48)58/h3,5-11,13-18,20-31,33-36H,2,4,12,19,32H2,1H3/b29-27-,41-30+. The molecule has 0 saturated carbocycles. The van der Waals surface area contributed by atoms with Crippen molar-refractivity contribution in [3.63, 3.8) is 0 Å². The number of benzene rings is 5. The fourth-order valence-corrected chi connectivity index (χ4v) is 9.67. The molecule has 3 aliphatic carbocycles. The average molecular weight is 746 g/mol. The second kappa shape index (κ2) is 13.9. The number of aromatic nitrogens is 2. The van der Waals surface area contributed by atoms with Crippen LogP contribution in [-0.2, 0) is 12.8 Å². The van der Waals surface area contributed by atoms with Crippen LogP contribution in [-0.4, -0.2) is 9.55 Å². The van der Waals surface area contributed by atoms with Gasteiger partial charge in [-0.25, -0.2) is 0 Å². The number of rotatable bonds is 5. The van der Waals surface area contributed by atoms with Crippen LogP contribution in [0.1, 0.15) is 53.3 Å². The Balaban J connectivity index is 1.05. The summed E-state index contributed by atoms with van der Waals surface area (Å²) in [5, 5.41) is 1.35. The molecule has 3 nitrogen and oxygen atoms in total. The van der Waals surface area contributed by atoms with Gasteiger partial charge in [-0.1, -0.05) is 98.5 Å². The fraction of sp³-hybridized carbons (Fsp3) is 0.109. The first-order chi connectivity index (χ1) is 28.6. The van der Waals surface area contributed by atoms with Gasteiger partial charge in [0.15, 0.2) is 0 Å². The molecular weight excluding hydrogens is 703 g/mol. The first-order valence-electron chi connectivity index (χ1n) is 20.5. The van der Waals surface area contributed by atoms with Gasteiger partial charge in [-0.2, -0.15) is 0 Å². The molecule has 3 heterocycles. The van der Waals surface area contributed by atoms with E-state index in [0.29, 0.717) is 5.92 Å². The molecule has 1 unspecified atom stereocenters. The van der Waals surface area contributed by atoms with Gasteiger partial charge in [-0.15, -0.1) is 0 Å². The van der Waals surface area contributed by atoms with Crippen LogP contribution in [0.4, 0.5) is 11.4 Å². The molecule has 11 rings (SSSR count). The highest BCUT2D eigenvalue weighted by Crippen LogP contribution is 2.46. The van der Waals surface area contributed by atoms with Gasteiger partial charge in [0.05, 0.1) is 16.9 Å². The lowest BCUT2D eigenvalue weighted by Crippen LogP contribution is -2.13. The van der Waals surface area contributed by atoms with Gasteiger partial charge < -0.3 is 9.47 Å². The van der Waals surface area contributed by atoms with Crippen molar-refractivity contribution in [2.45, 2.75) is 32.6 Å². The van der Waals surface area contributed by atoms with Gasteiger partial charge in [-0.05, 0) is 166 Å². The lowest BCUT2D eigenvalue weighted by molar-refractivity contribution is 0.755. The number of para-hydroxylation sites is 1. The third-order valence-corrected chi connectivity index (χ3v) is 12.5. The molecule has 0 amide bonds. The quantitative estimate of drug-likeness (QED) is 0.175. The van der Waals surface area contributed by atoms with Crippen LogP contribution in [0.3, 0.4) is 0 Å². The maximum atomic E-state index is 4.76. The molecule has 1 aliphatic heterocycles. The molecule has 3 heteroatoms. The van der Waals surface area contributed by atoms with Crippen molar-refractivity contribution in [2.24, 2.45) is 5.92 Å². The van der Waals surface area contributed by atoms with E-state index in [1.807, 2.05) is 18.3 Å². The zero-order valence-electron chi connectivity index (χ0n) is 32.7. The van der Waals surface area contributed by atoms with E-state index in [-0.39, 0.29) is 0 Å². The minimum atomic E-state index is 0.511. The number of hydrogen-bond donors (Lipinski definition) is 0. The molecule has 58 heavy (non-hydrogen) atoms. The van der Waals surface area contributed by atoms with Crippen LogP contribution in [0, 0.1) is 5.92 Å². The van der Waals surface area contributed by atoms with Gasteiger partial charge in [0.1, 0.15) is 0 Å². The largest absolute Gasteiger partial charge is 0.317 e. The van der Waals surface area contributed by atoms with Gasteiger partial charge in [-0.3, -0.25) is 4.98 Å². The van der Waals surface area contributed by atoms with Crippen molar-refractivity contribution in [1.82, 2.24) is 9.55 Å². The van der Waals surface area contributed by atoms with Crippen LogP contribution in [0.5, 0.6) is 0 Å². The van der Waals surface area contributed by atoms with Crippen LogP contribution in [0.2, 0.25) is 0 Å². The molecule has 0 spiro atoms. The molecule has 278 valence electrons. The summed E-state index contributed by atoms with van der Waals surface area (Å²) in [6.45, 7) is 7.13. The maximum Gasteiger partial charge on any atom is 0.0702 e. The van der Waals surface area contributed by atoms with E-state index in [1.165, 1.54) is 55.7 Å². The Labute approximate surface area is 340 Å². The SMILES string of the molecule is C=C1/C=C(c2cccc(-c3ccccn3)c2)\C=C/N(c2ccc3c(c2)C2=C(C=CCC2C)C3)c2ccc(-c3cccc(-n4c5c(c6ccccc64)CCC=C5)c3)cc21. The number of nitrogens with zero attached hydrogens (tertiary/aromatic N) is 3. The minimum absolute atomic E-state index is 0.511. The number of hydrogen-bond acceptors (Lipinski definition) is 2. The molecular formula is C55H43N3. The van der Waals surface area contributed by atoms with E-state index in [4.69, 9.17) is 6.58 Å². The summed E-state index contributed by atoms with van der Waals surface area (Å²) in [7, 11) is 0. The fourth-order valence-electron chi connectivity index (χ4n) is 9.67. The minimum Gasteiger partial charge on any atom is -0.317 e. The summed E-state index contributed by atoms with van der Waals surface area (Å²) in [4.78, 5) is 7.01. The second-order valence-electron chi connectivity index (χ2n) is 16.0. The second-order valence-corrected chi connectivity index (χ2v) is 16.0. The van der Waals surface area contributed by atoms with E-state index < -0.39 is 0 Å². The smallest absolute Gasteiger partial charge is 0.0702 e. The summed E-state index contributed by atoms with van der Waals surface area (Å²) in [6, 6.07) is 46.6. The Morgan fingerprint density at radius 3 is 2.48 bits per heavy atom. The van der Waals surface area contributed by atoms with Crippen LogP contribution in [0.25, 0.3) is 61.8 Å². The van der Waals surface area contributed by atoms with E-state index in [1.54, 1.807) is 0 Å². The summed E-state index contributed by atoms with van der Waals surface area (Å²) < 4.78 is 2.44. The summed E-state index contributed by atoms with van der Waals surface area (Å²) in [6.07, 6.45) is 22.1. The third kappa shape index (κ3) is 5.77. The van der Waals surface area contributed by atoms with E-state index in [2.05, 4.69) is 179 Å². The molecule has 0 radical (unpaired) electrons. The number of allylic oxidation sites excluding steroid dienone is 9. The lowest BCUT2D eigenvalue weighted by Gasteiger charge is -2.28. The highest BCUT2D eigenvalue weighted by molar-refractivity contribution is 5.96. The number of anilines is 2. The van der Waals surface area contributed by atoms with Crippen LogP contribution in [0.15, 0.2) is 182 Å². The topological polar surface area (TPSA) is 21.1 Å². The predicted molar refractivity (Wildman–Crippen MR) is 244 cm³/mol. The van der Waals surface area contributed by atoms with Gasteiger partial charge in [0, 0.05) is 46.0 Å². The molecule has 7 aromatic rings. The average Bonchev–Trinajstić information content (AvgIpc) is 3.82. The monoisotopic (exact) mass is 745 g/mol. The van der Waals surface area contributed by atoms with Crippen LogP contribution < -0.4 is 4.90 Å². The van der Waals surface area contributed by atoms with Crippen molar-refractivity contribution >= 4 is 45.1 Å². The maximum absolute atomic E-state index is 4.76. The Morgan fingerprint density at radius 1 is 0.690 bits per heavy atom. The van der Waals surface area contributed by atoms with Gasteiger partial charge >= 0.3 is 0 Å². The van der Waals surface area contributed by atoms with Crippen molar-refractivity contribution in [3.05, 3.63) is 216 Å². The van der Waals surface area contributed by atoms with E-state index >= 15 is 0 Å². The van der Waals surface area contributed by atoms with Gasteiger partial charge in [0.25, 0.3) is 0 Å². The zero-order valence-corrected chi connectivity index (χ0v) is 32.7. The van der Waals surface area contributed by atoms with Crippen LogP contribution >= 0.6 is 0 Å². The normalized spacial score (nSPS) is 18.2. The third-order valence-electron chi connectivity index (χ3n) is 12.5. The van der Waals surface area contributed by atoms with E-state index in [0.717, 1.165) is 76.2 Å². The van der Waals surface area contributed by atoms with Gasteiger partial charge in [0.2, 0.25) is 0 Å². The van der Waals surface area contributed by atoms with Crippen molar-refractivity contribution < 1.29 is 0 Å². The molecule has 0 bridgehead atoms. The first kappa shape index (κ1) is 34.3. The van der Waals surface area contributed by atoms with Crippen molar-refractivity contribution in [1.29, 1.82) is 0 Å². The molecule has 4 aliphatic rings. The number of pyridine rings is 1. The summed E-state index contributed by atoms with van der Waals surface area (Å²) in [5.41, 5.74) is 21.9. The predicted octanol–water partition coefficient (Wildman–Crippen LogP) is 14.0. The Hall–Kier alpha value is -6.97. The number of aryl methyl sites for hydroxylation is 1. The highest BCUT2D eigenvalue weighted by Gasteiger charge is 2.28. The molecule has 1 atom stereocenters. The molecule has 5 aromatic carbocycles. The number of fused-ring (bicyclic) bond motifs is 6. The lowest BCUT2D eigenvalue weighted by atomic mass is 9.87. The summed E-state index contributed by atoms with van der Waals surface area (Å²) in [5.74, 6) is 0.511. The molecule has 0 saturated heterocycles. The Bertz CT molecular complexity index is 2980. The highest BCUT2D eigenvalue weighted by atomic mass is 15.1.